The highest BCUT2D eigenvalue weighted by atomic mass is 32.2. The molecule has 23 heavy (non-hydrogen) atoms. The SMILES string of the molecule is COc1ccc(C)cc1NS(=O)(=O)c1ccc2c(c1)C[C@@H](C)N2. The molecular formula is C17H20N2O3S. The number of hydrogen-bond donors (Lipinski definition) is 2. The van der Waals surface area contributed by atoms with Gasteiger partial charge in [0, 0.05) is 11.7 Å². The predicted molar refractivity (Wildman–Crippen MR) is 91.8 cm³/mol. The van der Waals surface area contributed by atoms with Gasteiger partial charge in [-0.2, -0.15) is 0 Å². The first-order valence-corrected chi connectivity index (χ1v) is 8.94. The Morgan fingerprint density at radius 2 is 2.00 bits per heavy atom. The molecule has 2 N–H and O–H groups in total. The van der Waals surface area contributed by atoms with Crippen LogP contribution in [0, 0.1) is 6.92 Å². The molecule has 0 radical (unpaired) electrons. The fourth-order valence-electron chi connectivity index (χ4n) is 2.80. The van der Waals surface area contributed by atoms with Crippen LogP contribution in [-0.4, -0.2) is 21.6 Å². The first-order valence-electron chi connectivity index (χ1n) is 7.46. The average molecular weight is 332 g/mol. The summed E-state index contributed by atoms with van der Waals surface area (Å²) in [4.78, 5) is 0.260. The molecule has 0 amide bonds. The topological polar surface area (TPSA) is 67.4 Å². The first kappa shape index (κ1) is 15.7. The molecule has 1 atom stereocenters. The number of rotatable bonds is 4. The number of benzene rings is 2. The Bertz CT molecular complexity index is 847. The molecule has 0 aromatic heterocycles. The van der Waals surface area contributed by atoms with Crippen LogP contribution in [0.2, 0.25) is 0 Å². The van der Waals surface area contributed by atoms with E-state index in [1.54, 1.807) is 24.3 Å². The molecule has 6 heteroatoms. The number of methoxy groups -OCH3 is 1. The third-order valence-electron chi connectivity index (χ3n) is 3.91. The van der Waals surface area contributed by atoms with Gasteiger partial charge in [-0.15, -0.1) is 0 Å². The van der Waals surface area contributed by atoms with Crippen LogP contribution in [0.25, 0.3) is 0 Å². The number of hydrogen-bond acceptors (Lipinski definition) is 4. The lowest BCUT2D eigenvalue weighted by molar-refractivity contribution is 0.417. The monoisotopic (exact) mass is 332 g/mol. The zero-order valence-electron chi connectivity index (χ0n) is 13.4. The lowest BCUT2D eigenvalue weighted by Crippen LogP contribution is -2.14. The normalized spacial score (nSPS) is 16.6. The summed E-state index contributed by atoms with van der Waals surface area (Å²) in [5.74, 6) is 0.496. The smallest absolute Gasteiger partial charge is 0.262 e. The van der Waals surface area contributed by atoms with Crippen molar-refractivity contribution in [1.82, 2.24) is 0 Å². The van der Waals surface area contributed by atoms with E-state index < -0.39 is 10.0 Å². The lowest BCUT2D eigenvalue weighted by atomic mass is 10.1. The molecule has 0 saturated carbocycles. The second-order valence-electron chi connectivity index (χ2n) is 5.88. The number of nitrogens with one attached hydrogen (secondary N) is 2. The van der Waals surface area contributed by atoms with Gasteiger partial charge in [-0.3, -0.25) is 4.72 Å². The molecule has 0 spiro atoms. The summed E-state index contributed by atoms with van der Waals surface area (Å²) in [5, 5.41) is 3.32. The van der Waals surface area contributed by atoms with Crippen molar-refractivity contribution < 1.29 is 13.2 Å². The van der Waals surface area contributed by atoms with Crippen LogP contribution in [0.4, 0.5) is 11.4 Å². The van der Waals surface area contributed by atoms with Gasteiger partial charge in [0.05, 0.1) is 17.7 Å². The Labute approximate surface area is 136 Å². The highest BCUT2D eigenvalue weighted by Gasteiger charge is 2.22. The molecule has 122 valence electrons. The van der Waals surface area contributed by atoms with Crippen molar-refractivity contribution in [2.45, 2.75) is 31.2 Å². The fraction of sp³-hybridized carbons (Fsp3) is 0.294. The van der Waals surface area contributed by atoms with E-state index in [0.29, 0.717) is 17.5 Å². The number of fused-ring (bicyclic) bond motifs is 1. The molecule has 0 saturated heterocycles. The lowest BCUT2D eigenvalue weighted by Gasteiger charge is -2.13. The van der Waals surface area contributed by atoms with E-state index in [1.807, 2.05) is 19.1 Å². The summed E-state index contributed by atoms with van der Waals surface area (Å²) >= 11 is 0. The Kier molecular flexibility index (Phi) is 3.93. The van der Waals surface area contributed by atoms with Gasteiger partial charge in [-0.05, 0) is 61.7 Å². The zero-order valence-corrected chi connectivity index (χ0v) is 14.2. The van der Waals surface area contributed by atoms with Gasteiger partial charge in [0.2, 0.25) is 0 Å². The maximum atomic E-state index is 12.7. The van der Waals surface area contributed by atoms with Gasteiger partial charge < -0.3 is 10.1 Å². The zero-order chi connectivity index (χ0) is 16.6. The highest BCUT2D eigenvalue weighted by molar-refractivity contribution is 7.92. The molecule has 0 fully saturated rings. The minimum atomic E-state index is -3.66. The molecule has 2 aromatic carbocycles. The second kappa shape index (κ2) is 5.77. The van der Waals surface area contributed by atoms with E-state index >= 15 is 0 Å². The summed E-state index contributed by atoms with van der Waals surface area (Å²) in [6.45, 7) is 3.98. The number of ether oxygens (including phenoxy) is 1. The maximum absolute atomic E-state index is 12.7. The van der Waals surface area contributed by atoms with Crippen molar-refractivity contribution in [2.75, 3.05) is 17.1 Å². The first-order chi connectivity index (χ1) is 10.9. The van der Waals surface area contributed by atoms with Gasteiger partial charge >= 0.3 is 0 Å². The molecular weight excluding hydrogens is 312 g/mol. The summed E-state index contributed by atoms with van der Waals surface area (Å²) < 4.78 is 33.2. The summed E-state index contributed by atoms with van der Waals surface area (Å²) in [6.07, 6.45) is 0.826. The maximum Gasteiger partial charge on any atom is 0.262 e. The van der Waals surface area contributed by atoms with Gasteiger partial charge in [0.1, 0.15) is 5.75 Å². The molecule has 0 unspecified atom stereocenters. The van der Waals surface area contributed by atoms with Crippen LogP contribution in [0.15, 0.2) is 41.3 Å². The predicted octanol–water partition coefficient (Wildman–Crippen LogP) is 3.16. The van der Waals surface area contributed by atoms with E-state index in [9.17, 15) is 8.42 Å². The van der Waals surface area contributed by atoms with Crippen LogP contribution < -0.4 is 14.8 Å². The quantitative estimate of drug-likeness (QED) is 0.902. The minimum absolute atomic E-state index is 0.260. The van der Waals surface area contributed by atoms with Crippen molar-refractivity contribution in [3.05, 3.63) is 47.5 Å². The summed E-state index contributed by atoms with van der Waals surface area (Å²) in [6, 6.07) is 10.9. The number of aryl methyl sites for hydroxylation is 1. The Morgan fingerprint density at radius 3 is 2.74 bits per heavy atom. The summed E-state index contributed by atoms with van der Waals surface area (Å²) in [7, 11) is -2.14. The molecule has 1 aliphatic rings. The largest absolute Gasteiger partial charge is 0.495 e. The van der Waals surface area contributed by atoms with E-state index in [-0.39, 0.29) is 4.90 Å². The van der Waals surface area contributed by atoms with Gasteiger partial charge in [-0.25, -0.2) is 8.42 Å². The van der Waals surface area contributed by atoms with Crippen LogP contribution in [-0.2, 0) is 16.4 Å². The molecule has 3 rings (SSSR count). The van der Waals surface area contributed by atoms with E-state index in [1.165, 1.54) is 7.11 Å². The van der Waals surface area contributed by atoms with E-state index in [2.05, 4.69) is 17.0 Å². The molecule has 2 aromatic rings. The van der Waals surface area contributed by atoms with E-state index in [0.717, 1.165) is 23.2 Å². The Hall–Kier alpha value is -2.21. The standard InChI is InChI=1S/C17H20N2O3S/c1-11-4-7-17(22-3)16(8-11)19-23(20,21)14-5-6-15-13(10-14)9-12(2)18-15/h4-8,10,12,18-19H,9H2,1-3H3/t12-/m1/s1. The van der Waals surface area contributed by atoms with Crippen molar-refractivity contribution in [3.63, 3.8) is 0 Å². The number of anilines is 2. The summed E-state index contributed by atoms with van der Waals surface area (Å²) in [5.41, 5.74) is 3.43. The molecule has 1 heterocycles. The van der Waals surface area contributed by atoms with Gasteiger partial charge in [-0.1, -0.05) is 6.07 Å². The van der Waals surface area contributed by atoms with Gasteiger partial charge in [0.25, 0.3) is 10.0 Å². The van der Waals surface area contributed by atoms with E-state index in [4.69, 9.17) is 4.74 Å². The van der Waals surface area contributed by atoms with Crippen LogP contribution in [0.1, 0.15) is 18.1 Å². The van der Waals surface area contributed by atoms with Crippen molar-refractivity contribution >= 4 is 21.4 Å². The molecule has 0 bridgehead atoms. The van der Waals surface area contributed by atoms with Gasteiger partial charge in [0.15, 0.2) is 0 Å². The van der Waals surface area contributed by atoms with Crippen molar-refractivity contribution in [1.29, 1.82) is 0 Å². The highest BCUT2D eigenvalue weighted by Crippen LogP contribution is 2.31. The van der Waals surface area contributed by atoms with Crippen LogP contribution in [0.3, 0.4) is 0 Å². The third-order valence-corrected chi connectivity index (χ3v) is 5.28. The number of sulfonamides is 1. The fourth-order valence-corrected chi connectivity index (χ4v) is 3.91. The molecule has 1 aliphatic heterocycles. The van der Waals surface area contributed by atoms with Crippen molar-refractivity contribution in [2.24, 2.45) is 0 Å². The van der Waals surface area contributed by atoms with Crippen LogP contribution in [0.5, 0.6) is 5.75 Å². The average Bonchev–Trinajstić information content (AvgIpc) is 2.86. The second-order valence-corrected chi connectivity index (χ2v) is 7.56. The minimum Gasteiger partial charge on any atom is -0.495 e. The van der Waals surface area contributed by atoms with Crippen LogP contribution >= 0.6 is 0 Å². The third kappa shape index (κ3) is 3.12. The Balaban J connectivity index is 1.94. The Morgan fingerprint density at radius 1 is 1.22 bits per heavy atom. The molecule has 5 nitrogen and oxygen atoms in total. The molecule has 0 aliphatic carbocycles. The van der Waals surface area contributed by atoms with Crippen molar-refractivity contribution in [3.8, 4) is 5.75 Å².